The van der Waals surface area contributed by atoms with Crippen LogP contribution >= 0.6 is 0 Å². The highest BCUT2D eigenvalue weighted by molar-refractivity contribution is 4.92. The maximum atomic E-state index is 2.75. The van der Waals surface area contributed by atoms with Gasteiger partial charge < -0.3 is 0 Å². The van der Waals surface area contributed by atoms with E-state index in [2.05, 4.69) is 77.0 Å². The topological polar surface area (TPSA) is 9.72 Å². The highest BCUT2D eigenvalue weighted by Gasteiger charge is 2.37. The van der Waals surface area contributed by atoms with E-state index in [4.69, 9.17) is 0 Å². The normalized spacial score (nSPS) is 33.1. The summed E-state index contributed by atoms with van der Waals surface area (Å²) in [5.74, 6) is 3.11. The number of fused-ring (bicyclic) bond motifs is 4. The second kappa shape index (κ2) is 11.5. The molecule has 3 nitrogen and oxygen atoms in total. The number of nitrogens with zero attached hydrogens (tertiary/aromatic N) is 3. The first-order valence-corrected chi connectivity index (χ1v) is 15.0. The fraction of sp³-hybridized carbons (Fsp3) is 1.00. The predicted molar refractivity (Wildman–Crippen MR) is 150 cm³/mol. The molecule has 4 atom stereocenters. The lowest BCUT2D eigenvalue weighted by atomic mass is 9.77. The van der Waals surface area contributed by atoms with Crippen molar-refractivity contribution >= 4 is 0 Å². The lowest BCUT2D eigenvalue weighted by molar-refractivity contribution is 0.0234. The van der Waals surface area contributed by atoms with Gasteiger partial charge in [0.25, 0.3) is 0 Å². The van der Waals surface area contributed by atoms with E-state index in [1.807, 2.05) is 0 Å². The second-order valence-corrected chi connectivity index (χ2v) is 15.3. The standard InChI is InChI=1S/2C12H23N.C7H15N/c1-12(2,3)13-8-4-5-10-6-7-11(13)9-10;1-12(2,3)13-8-10-5-4-6-11(7-10)9-13;1-7(2,3)8-5-4-6-8/h2*10-11H,4-9H2,1-3H3;4-6H2,1-3H3. The molecule has 3 aliphatic heterocycles. The van der Waals surface area contributed by atoms with E-state index in [-0.39, 0.29) is 0 Å². The van der Waals surface area contributed by atoms with Crippen molar-refractivity contribution in [1.82, 2.24) is 14.7 Å². The van der Waals surface area contributed by atoms with Gasteiger partial charge in [-0.3, -0.25) is 14.7 Å². The summed E-state index contributed by atoms with van der Waals surface area (Å²) in [5.41, 5.74) is 1.22. The first-order chi connectivity index (χ1) is 15.7. The van der Waals surface area contributed by atoms with Crippen LogP contribution in [-0.2, 0) is 0 Å². The van der Waals surface area contributed by atoms with Crippen molar-refractivity contribution in [2.45, 2.75) is 149 Å². The van der Waals surface area contributed by atoms with Crippen LogP contribution < -0.4 is 0 Å². The molecule has 4 unspecified atom stereocenters. The van der Waals surface area contributed by atoms with E-state index in [1.165, 1.54) is 96.9 Å². The van der Waals surface area contributed by atoms with Gasteiger partial charge in [-0.15, -0.1) is 0 Å². The van der Waals surface area contributed by atoms with Crippen molar-refractivity contribution in [2.75, 3.05) is 32.7 Å². The highest BCUT2D eigenvalue weighted by Crippen LogP contribution is 2.38. The van der Waals surface area contributed by atoms with Crippen molar-refractivity contribution in [3.05, 3.63) is 0 Å². The lowest BCUT2D eigenvalue weighted by Crippen LogP contribution is -2.51. The Kier molecular flexibility index (Phi) is 9.63. The Morgan fingerprint density at radius 3 is 1.47 bits per heavy atom. The van der Waals surface area contributed by atoms with Crippen LogP contribution in [0.2, 0.25) is 0 Å². The molecule has 200 valence electrons. The van der Waals surface area contributed by atoms with Crippen molar-refractivity contribution < 1.29 is 0 Å². The highest BCUT2D eigenvalue weighted by atomic mass is 15.2. The van der Waals surface area contributed by atoms with Crippen LogP contribution in [0.5, 0.6) is 0 Å². The van der Waals surface area contributed by atoms with Crippen LogP contribution in [0.25, 0.3) is 0 Å². The van der Waals surface area contributed by atoms with Gasteiger partial charge in [0.05, 0.1) is 0 Å². The summed E-state index contributed by atoms with van der Waals surface area (Å²) in [5, 5.41) is 0. The van der Waals surface area contributed by atoms with Gasteiger partial charge in [0.1, 0.15) is 0 Å². The monoisotopic (exact) mass is 475 g/mol. The van der Waals surface area contributed by atoms with Crippen LogP contribution in [0.4, 0.5) is 0 Å². The Hall–Kier alpha value is -0.120. The molecule has 0 aromatic heterocycles. The maximum absolute atomic E-state index is 2.75. The third kappa shape index (κ3) is 8.20. The summed E-state index contributed by atoms with van der Waals surface area (Å²) in [6, 6.07) is 0.910. The molecule has 0 amide bonds. The Labute approximate surface area is 214 Å². The van der Waals surface area contributed by atoms with Gasteiger partial charge in [0, 0.05) is 35.7 Å². The lowest BCUT2D eigenvalue weighted by Gasteiger charge is -2.47. The van der Waals surface area contributed by atoms with Gasteiger partial charge in [0.2, 0.25) is 0 Å². The molecule has 3 heteroatoms. The zero-order valence-corrected chi connectivity index (χ0v) is 24.8. The Bertz CT molecular complexity index is 592. The van der Waals surface area contributed by atoms with E-state index in [9.17, 15) is 0 Å². The van der Waals surface area contributed by atoms with Gasteiger partial charge in [-0.05, 0) is 157 Å². The van der Waals surface area contributed by atoms with E-state index in [0.29, 0.717) is 16.6 Å². The summed E-state index contributed by atoms with van der Waals surface area (Å²) in [6.45, 7) is 27.7. The number of likely N-dealkylation sites (tertiary alicyclic amines) is 3. The van der Waals surface area contributed by atoms with Crippen LogP contribution in [0.1, 0.15) is 127 Å². The fourth-order valence-electron chi connectivity index (χ4n) is 7.18. The van der Waals surface area contributed by atoms with E-state index in [1.54, 1.807) is 0 Å². The molecule has 0 aromatic carbocycles. The molecule has 5 aliphatic rings. The zero-order valence-electron chi connectivity index (χ0n) is 24.8. The molecular formula is C31H61N3. The molecule has 5 fully saturated rings. The summed E-state index contributed by atoms with van der Waals surface area (Å²) in [7, 11) is 0. The molecular weight excluding hydrogens is 414 g/mol. The quantitative estimate of drug-likeness (QED) is 0.360. The molecule has 3 heterocycles. The third-order valence-corrected chi connectivity index (χ3v) is 9.43. The summed E-state index contributed by atoms with van der Waals surface area (Å²) >= 11 is 0. The van der Waals surface area contributed by atoms with Crippen LogP contribution in [-0.4, -0.2) is 70.1 Å². The third-order valence-electron chi connectivity index (χ3n) is 9.43. The average Bonchev–Trinajstić information content (AvgIpc) is 2.97. The molecule has 0 radical (unpaired) electrons. The van der Waals surface area contributed by atoms with Gasteiger partial charge in [-0.25, -0.2) is 0 Å². The van der Waals surface area contributed by atoms with Crippen LogP contribution in [0.3, 0.4) is 0 Å². The van der Waals surface area contributed by atoms with Gasteiger partial charge in [-0.2, -0.15) is 0 Å². The zero-order chi connectivity index (χ0) is 25.1. The van der Waals surface area contributed by atoms with Crippen molar-refractivity contribution in [3.63, 3.8) is 0 Å². The minimum absolute atomic E-state index is 0.393. The molecule has 2 saturated carbocycles. The Morgan fingerprint density at radius 2 is 1.03 bits per heavy atom. The SMILES string of the molecule is CC(C)(C)N1CC2CCCC(C2)C1.CC(C)(C)N1CCC1.CC(C)(C)N1CCCC2CCC1C2. The molecule has 0 spiro atoms. The number of hydrogen-bond donors (Lipinski definition) is 0. The van der Waals surface area contributed by atoms with Crippen molar-refractivity contribution in [3.8, 4) is 0 Å². The fourth-order valence-corrected chi connectivity index (χ4v) is 7.18. The predicted octanol–water partition coefficient (Wildman–Crippen LogP) is 7.45. The molecule has 3 saturated heterocycles. The Morgan fingerprint density at radius 1 is 0.471 bits per heavy atom. The molecule has 0 N–H and O–H groups in total. The molecule has 5 rings (SSSR count). The van der Waals surface area contributed by atoms with Gasteiger partial charge in [-0.1, -0.05) is 6.42 Å². The van der Waals surface area contributed by atoms with E-state index < -0.39 is 0 Å². The first-order valence-electron chi connectivity index (χ1n) is 15.0. The maximum Gasteiger partial charge on any atom is 0.0127 e. The summed E-state index contributed by atoms with van der Waals surface area (Å²) in [6.07, 6.45) is 14.8. The minimum atomic E-state index is 0.393. The van der Waals surface area contributed by atoms with Crippen LogP contribution in [0.15, 0.2) is 0 Å². The van der Waals surface area contributed by atoms with E-state index in [0.717, 1.165) is 23.8 Å². The summed E-state index contributed by atoms with van der Waals surface area (Å²) < 4.78 is 0. The van der Waals surface area contributed by atoms with Crippen molar-refractivity contribution in [2.24, 2.45) is 17.8 Å². The molecule has 0 aromatic rings. The molecule has 2 aliphatic carbocycles. The van der Waals surface area contributed by atoms with Crippen molar-refractivity contribution in [1.29, 1.82) is 0 Å². The minimum Gasteiger partial charge on any atom is -0.298 e. The first kappa shape index (κ1) is 28.5. The molecule has 34 heavy (non-hydrogen) atoms. The largest absolute Gasteiger partial charge is 0.298 e. The second-order valence-electron chi connectivity index (χ2n) is 15.3. The van der Waals surface area contributed by atoms with Gasteiger partial charge >= 0.3 is 0 Å². The number of hydrogen-bond acceptors (Lipinski definition) is 3. The van der Waals surface area contributed by atoms with Gasteiger partial charge in [0.15, 0.2) is 0 Å². The average molecular weight is 476 g/mol. The number of rotatable bonds is 0. The Balaban J connectivity index is 0.000000148. The van der Waals surface area contributed by atoms with E-state index >= 15 is 0 Å². The number of piperidine rings is 1. The summed E-state index contributed by atoms with van der Waals surface area (Å²) in [4.78, 5) is 7.94. The molecule has 4 bridgehead atoms. The van der Waals surface area contributed by atoms with Crippen LogP contribution in [0, 0.1) is 17.8 Å². The smallest absolute Gasteiger partial charge is 0.0127 e.